The lowest BCUT2D eigenvalue weighted by Crippen LogP contribution is -3.11. The fourth-order valence-corrected chi connectivity index (χ4v) is 2.56. The van der Waals surface area contributed by atoms with Crippen LogP contribution >= 0.6 is 0 Å². The number of anilines is 2. The fourth-order valence-electron chi connectivity index (χ4n) is 2.56. The quantitative estimate of drug-likeness (QED) is 0.573. The van der Waals surface area contributed by atoms with Gasteiger partial charge in [-0.3, -0.25) is 14.4 Å². The summed E-state index contributed by atoms with van der Waals surface area (Å²) in [6, 6.07) is 4.99. The Labute approximate surface area is 154 Å². The Kier molecular flexibility index (Phi) is 8.57. The average Bonchev–Trinajstić information content (AvgIpc) is 2.55. The number of carbonyl (C=O) groups is 3. The summed E-state index contributed by atoms with van der Waals surface area (Å²) in [6.45, 7) is 6.96. The van der Waals surface area contributed by atoms with Crippen molar-refractivity contribution in [2.45, 2.75) is 20.8 Å². The Morgan fingerprint density at radius 2 is 1.77 bits per heavy atom. The molecule has 0 saturated heterocycles. The van der Waals surface area contributed by atoms with Crippen molar-refractivity contribution in [1.82, 2.24) is 4.90 Å². The molecule has 1 aromatic rings. The van der Waals surface area contributed by atoms with E-state index in [1.54, 1.807) is 30.1 Å². The van der Waals surface area contributed by atoms with Gasteiger partial charge in [-0.05, 0) is 32.0 Å². The van der Waals surface area contributed by atoms with Gasteiger partial charge in [0.25, 0.3) is 11.8 Å². The van der Waals surface area contributed by atoms with Crippen molar-refractivity contribution in [3.05, 3.63) is 18.2 Å². The first-order valence-electron chi connectivity index (χ1n) is 8.65. The van der Waals surface area contributed by atoms with E-state index in [0.29, 0.717) is 30.2 Å². The smallest absolute Gasteiger partial charge is 0.279 e. The standard InChI is InChI=1S/C18H28N4O4/c1-6-22(7-2)18(25)12-21(4)11-17(24)20-15-10-14(19-13(3)23)8-9-16(15)26-5/h8-10H,6-7,11-12H2,1-5H3,(H,19,23)(H,20,24)/p+1. The van der Waals surface area contributed by atoms with Crippen LogP contribution in [0.3, 0.4) is 0 Å². The molecule has 0 saturated carbocycles. The summed E-state index contributed by atoms with van der Waals surface area (Å²) in [6.07, 6.45) is 0. The minimum atomic E-state index is -0.242. The highest BCUT2D eigenvalue weighted by Gasteiger charge is 2.18. The van der Waals surface area contributed by atoms with Gasteiger partial charge in [0.1, 0.15) is 5.75 Å². The van der Waals surface area contributed by atoms with Crippen molar-refractivity contribution in [3.8, 4) is 5.75 Å². The Morgan fingerprint density at radius 3 is 2.31 bits per heavy atom. The van der Waals surface area contributed by atoms with E-state index in [0.717, 1.165) is 4.90 Å². The minimum Gasteiger partial charge on any atom is -0.495 e. The maximum absolute atomic E-state index is 12.3. The van der Waals surface area contributed by atoms with Crippen LogP contribution in [0.25, 0.3) is 0 Å². The number of carbonyl (C=O) groups excluding carboxylic acids is 3. The van der Waals surface area contributed by atoms with Gasteiger partial charge in [-0.25, -0.2) is 0 Å². The lowest BCUT2D eigenvalue weighted by Gasteiger charge is -2.21. The third-order valence-electron chi connectivity index (χ3n) is 3.83. The second-order valence-electron chi connectivity index (χ2n) is 6.02. The Bertz CT molecular complexity index is 644. The number of amides is 3. The molecule has 8 heteroatoms. The predicted octanol–water partition coefficient (Wildman–Crippen LogP) is -0.0248. The second kappa shape index (κ2) is 10.4. The summed E-state index contributed by atoms with van der Waals surface area (Å²) in [5.41, 5.74) is 1.03. The van der Waals surface area contributed by atoms with E-state index in [-0.39, 0.29) is 30.8 Å². The van der Waals surface area contributed by atoms with Crippen LogP contribution in [0.4, 0.5) is 11.4 Å². The van der Waals surface area contributed by atoms with Crippen LogP contribution in [0.15, 0.2) is 18.2 Å². The van der Waals surface area contributed by atoms with E-state index in [9.17, 15) is 14.4 Å². The van der Waals surface area contributed by atoms with Crippen LogP contribution in [-0.2, 0) is 14.4 Å². The first kappa shape index (κ1) is 21.4. The fraction of sp³-hybridized carbons (Fsp3) is 0.500. The molecule has 0 aliphatic rings. The Morgan fingerprint density at radius 1 is 1.12 bits per heavy atom. The van der Waals surface area contributed by atoms with E-state index in [1.807, 2.05) is 13.8 Å². The number of quaternary nitrogens is 1. The topological polar surface area (TPSA) is 92.2 Å². The number of benzene rings is 1. The van der Waals surface area contributed by atoms with Crippen LogP contribution in [0.2, 0.25) is 0 Å². The molecule has 1 rings (SSSR count). The highest BCUT2D eigenvalue weighted by atomic mass is 16.5. The van der Waals surface area contributed by atoms with Crippen molar-refractivity contribution >= 4 is 29.1 Å². The van der Waals surface area contributed by atoms with Gasteiger partial charge in [0.2, 0.25) is 5.91 Å². The summed E-state index contributed by atoms with van der Waals surface area (Å²) in [4.78, 5) is 38.1. The van der Waals surface area contributed by atoms with Crippen LogP contribution in [0.1, 0.15) is 20.8 Å². The summed E-state index contributed by atoms with van der Waals surface area (Å²) in [5, 5.41) is 5.44. The van der Waals surface area contributed by atoms with Crippen molar-refractivity contribution in [3.63, 3.8) is 0 Å². The van der Waals surface area contributed by atoms with Crippen molar-refractivity contribution in [2.24, 2.45) is 0 Å². The van der Waals surface area contributed by atoms with Gasteiger partial charge in [0.05, 0.1) is 19.8 Å². The molecule has 0 radical (unpaired) electrons. The summed E-state index contributed by atoms with van der Waals surface area (Å²) < 4.78 is 5.24. The molecule has 0 aliphatic heterocycles. The van der Waals surface area contributed by atoms with E-state index >= 15 is 0 Å². The molecule has 3 amide bonds. The number of nitrogens with zero attached hydrogens (tertiary/aromatic N) is 1. The zero-order chi connectivity index (χ0) is 19.7. The molecule has 0 bridgehead atoms. The largest absolute Gasteiger partial charge is 0.495 e. The molecule has 0 fully saturated rings. The monoisotopic (exact) mass is 365 g/mol. The Hall–Kier alpha value is -2.61. The molecule has 0 heterocycles. The van der Waals surface area contributed by atoms with Crippen molar-refractivity contribution in [1.29, 1.82) is 0 Å². The van der Waals surface area contributed by atoms with Gasteiger partial charge in [-0.1, -0.05) is 0 Å². The number of rotatable bonds is 9. The third kappa shape index (κ3) is 6.72. The number of hydrogen-bond acceptors (Lipinski definition) is 4. The number of methoxy groups -OCH3 is 1. The van der Waals surface area contributed by atoms with Crippen molar-refractivity contribution < 1.29 is 24.0 Å². The summed E-state index contributed by atoms with van der Waals surface area (Å²) >= 11 is 0. The molecule has 26 heavy (non-hydrogen) atoms. The second-order valence-corrected chi connectivity index (χ2v) is 6.02. The molecule has 1 aromatic carbocycles. The molecule has 8 nitrogen and oxygen atoms in total. The van der Waals surface area contributed by atoms with E-state index in [1.165, 1.54) is 14.0 Å². The van der Waals surface area contributed by atoms with E-state index < -0.39 is 0 Å². The van der Waals surface area contributed by atoms with Crippen LogP contribution in [-0.4, -0.2) is 63.0 Å². The van der Waals surface area contributed by atoms with Gasteiger partial charge < -0.3 is 25.2 Å². The van der Waals surface area contributed by atoms with Gasteiger partial charge in [0, 0.05) is 25.7 Å². The minimum absolute atomic E-state index is 0.0190. The number of hydrogen-bond donors (Lipinski definition) is 3. The number of likely N-dealkylation sites (N-methyl/N-ethyl adjacent to an activating group) is 2. The number of ether oxygens (including phenoxy) is 1. The molecular formula is C18H29N4O4+. The Balaban J connectivity index is 2.71. The van der Waals surface area contributed by atoms with Gasteiger partial charge in [-0.15, -0.1) is 0 Å². The zero-order valence-electron chi connectivity index (χ0n) is 16.1. The van der Waals surface area contributed by atoms with E-state index in [2.05, 4.69) is 10.6 Å². The lowest BCUT2D eigenvalue weighted by atomic mass is 10.2. The molecular weight excluding hydrogens is 336 g/mol. The molecule has 1 atom stereocenters. The highest BCUT2D eigenvalue weighted by molar-refractivity contribution is 5.95. The van der Waals surface area contributed by atoms with Crippen LogP contribution < -0.4 is 20.3 Å². The molecule has 1 unspecified atom stereocenters. The maximum atomic E-state index is 12.3. The highest BCUT2D eigenvalue weighted by Crippen LogP contribution is 2.27. The van der Waals surface area contributed by atoms with E-state index in [4.69, 9.17) is 4.74 Å². The van der Waals surface area contributed by atoms with Gasteiger partial charge in [-0.2, -0.15) is 0 Å². The average molecular weight is 365 g/mol. The molecule has 0 spiro atoms. The normalized spacial score (nSPS) is 11.4. The summed E-state index contributed by atoms with van der Waals surface area (Å²) in [5.74, 6) is 0.0644. The third-order valence-corrected chi connectivity index (χ3v) is 3.83. The van der Waals surface area contributed by atoms with Gasteiger partial charge in [0.15, 0.2) is 13.1 Å². The van der Waals surface area contributed by atoms with Gasteiger partial charge >= 0.3 is 0 Å². The molecule has 0 aliphatic carbocycles. The van der Waals surface area contributed by atoms with Crippen LogP contribution in [0, 0.1) is 0 Å². The SMILES string of the molecule is CCN(CC)C(=O)C[NH+](C)CC(=O)Nc1cc(NC(C)=O)ccc1OC. The number of nitrogens with one attached hydrogen (secondary N) is 3. The lowest BCUT2D eigenvalue weighted by molar-refractivity contribution is -0.862. The van der Waals surface area contributed by atoms with Crippen molar-refractivity contribution in [2.75, 3.05) is 51.0 Å². The van der Waals surface area contributed by atoms with Crippen LogP contribution in [0.5, 0.6) is 5.75 Å². The molecule has 3 N–H and O–H groups in total. The molecule has 144 valence electrons. The zero-order valence-corrected chi connectivity index (χ0v) is 16.1. The summed E-state index contributed by atoms with van der Waals surface area (Å²) in [7, 11) is 3.30. The maximum Gasteiger partial charge on any atom is 0.279 e. The molecule has 0 aromatic heterocycles. The predicted molar refractivity (Wildman–Crippen MR) is 100 cm³/mol. The first-order valence-corrected chi connectivity index (χ1v) is 8.65. The first-order chi connectivity index (χ1) is 12.3.